The Balaban J connectivity index is 2.58. The minimum atomic E-state index is -3.91. The van der Waals surface area contributed by atoms with Crippen molar-refractivity contribution >= 4 is 21.8 Å². The fourth-order valence-corrected chi connectivity index (χ4v) is 2.86. The van der Waals surface area contributed by atoms with Gasteiger partial charge in [-0.05, 0) is 17.7 Å². The second-order valence-electron chi connectivity index (χ2n) is 4.64. The third kappa shape index (κ3) is 2.98. The lowest BCUT2D eigenvalue weighted by Crippen LogP contribution is -2.30. The number of nitriles is 1. The van der Waals surface area contributed by atoms with Crippen LogP contribution >= 0.6 is 11.6 Å². The lowest BCUT2D eigenvalue weighted by atomic mass is 10.1. The van der Waals surface area contributed by atoms with Crippen molar-refractivity contribution in [3.8, 4) is 6.07 Å². The molecule has 1 aromatic carbocycles. The second kappa shape index (κ2) is 6.06. The Morgan fingerprint density at radius 2 is 1.95 bits per heavy atom. The Morgan fingerprint density at radius 1 is 1.36 bits per heavy atom. The predicted octanol–water partition coefficient (Wildman–Crippen LogP) is 1.14. The summed E-state index contributed by atoms with van der Waals surface area (Å²) >= 11 is 5.79. The molecular formula is C13H13ClN4O3S. The predicted molar refractivity (Wildman–Crippen MR) is 80.5 cm³/mol. The van der Waals surface area contributed by atoms with Crippen molar-refractivity contribution in [2.45, 2.75) is 6.10 Å². The number of imidazole rings is 1. The first kappa shape index (κ1) is 16.5. The van der Waals surface area contributed by atoms with Crippen LogP contribution in [0.1, 0.15) is 23.2 Å². The van der Waals surface area contributed by atoms with E-state index in [9.17, 15) is 13.5 Å². The zero-order valence-electron chi connectivity index (χ0n) is 11.8. The van der Waals surface area contributed by atoms with Gasteiger partial charge in [0.25, 0.3) is 0 Å². The molecule has 0 aliphatic heterocycles. The van der Waals surface area contributed by atoms with Gasteiger partial charge in [-0.15, -0.1) is 0 Å². The molecule has 116 valence electrons. The zero-order chi connectivity index (χ0) is 16.5. The van der Waals surface area contributed by atoms with Crippen molar-refractivity contribution in [3.05, 3.63) is 52.6 Å². The third-order valence-corrected chi connectivity index (χ3v) is 4.92. The highest BCUT2D eigenvalue weighted by Gasteiger charge is 2.27. The van der Waals surface area contributed by atoms with Crippen LogP contribution < -0.4 is 0 Å². The van der Waals surface area contributed by atoms with Gasteiger partial charge in [-0.25, -0.2) is 8.96 Å². The molecule has 0 bridgehead atoms. The fourth-order valence-electron chi connectivity index (χ4n) is 1.77. The highest BCUT2D eigenvalue weighted by Crippen LogP contribution is 2.24. The minimum absolute atomic E-state index is 0.103. The molecule has 1 atom stereocenters. The third-order valence-electron chi connectivity index (χ3n) is 2.96. The smallest absolute Gasteiger partial charge is 0.308 e. The molecule has 0 amide bonds. The van der Waals surface area contributed by atoms with Gasteiger partial charge in [0, 0.05) is 19.1 Å². The van der Waals surface area contributed by atoms with Gasteiger partial charge in [0.05, 0.1) is 6.20 Å². The Kier molecular flexibility index (Phi) is 4.53. The fraction of sp³-hybridized carbons (Fsp3) is 0.231. The normalized spacial score (nSPS) is 13.1. The van der Waals surface area contributed by atoms with Crippen molar-refractivity contribution in [1.29, 1.82) is 5.26 Å². The van der Waals surface area contributed by atoms with E-state index in [1.54, 1.807) is 30.3 Å². The Hall–Kier alpha value is -1.92. The first-order chi connectivity index (χ1) is 10.3. The monoisotopic (exact) mass is 340 g/mol. The molecule has 0 fully saturated rings. The summed E-state index contributed by atoms with van der Waals surface area (Å²) in [7, 11) is -1.21. The van der Waals surface area contributed by atoms with Crippen LogP contribution in [-0.4, -0.2) is 40.9 Å². The van der Waals surface area contributed by atoms with Gasteiger partial charge in [0.15, 0.2) is 11.5 Å². The lowest BCUT2D eigenvalue weighted by molar-refractivity contribution is 0.209. The van der Waals surface area contributed by atoms with E-state index in [-0.39, 0.29) is 11.5 Å². The molecule has 22 heavy (non-hydrogen) atoms. The molecule has 1 aromatic heterocycles. The highest BCUT2D eigenvalue weighted by molar-refractivity contribution is 7.87. The molecule has 2 rings (SSSR count). The minimum Gasteiger partial charge on any atom is -0.380 e. The summed E-state index contributed by atoms with van der Waals surface area (Å²) in [4.78, 5) is 3.89. The number of nitrogens with zero attached hydrogens (tertiary/aromatic N) is 4. The van der Waals surface area contributed by atoms with Gasteiger partial charge in [0.1, 0.15) is 12.2 Å². The van der Waals surface area contributed by atoms with E-state index in [1.165, 1.54) is 14.1 Å². The van der Waals surface area contributed by atoms with E-state index < -0.39 is 16.3 Å². The van der Waals surface area contributed by atoms with Gasteiger partial charge >= 0.3 is 10.2 Å². The Labute approximate surface area is 133 Å². The van der Waals surface area contributed by atoms with Crippen molar-refractivity contribution in [3.63, 3.8) is 0 Å². The van der Waals surface area contributed by atoms with Crippen molar-refractivity contribution in [2.75, 3.05) is 14.1 Å². The number of rotatable bonds is 4. The average Bonchev–Trinajstić information content (AvgIpc) is 2.92. The van der Waals surface area contributed by atoms with E-state index in [1.807, 2.05) is 0 Å². The SMILES string of the molecule is CN(C)S(=O)(=O)n1cc(C#N)nc1C(O)c1ccc(Cl)cc1. The number of halogens is 1. The highest BCUT2D eigenvalue weighted by atomic mass is 35.5. The van der Waals surface area contributed by atoms with Gasteiger partial charge < -0.3 is 5.11 Å². The van der Waals surface area contributed by atoms with E-state index in [0.717, 1.165) is 14.5 Å². The molecule has 0 saturated heterocycles. The van der Waals surface area contributed by atoms with Crippen LogP contribution in [0.4, 0.5) is 0 Å². The molecule has 9 heteroatoms. The van der Waals surface area contributed by atoms with Crippen LogP contribution in [0, 0.1) is 11.3 Å². The number of hydrogen-bond donors (Lipinski definition) is 1. The molecular weight excluding hydrogens is 328 g/mol. The van der Waals surface area contributed by atoms with Crippen LogP contribution in [0.2, 0.25) is 5.02 Å². The first-order valence-corrected chi connectivity index (χ1v) is 7.91. The zero-order valence-corrected chi connectivity index (χ0v) is 13.4. The quantitative estimate of drug-likeness (QED) is 0.899. The van der Waals surface area contributed by atoms with Crippen LogP contribution in [0.25, 0.3) is 0 Å². The van der Waals surface area contributed by atoms with Crippen molar-refractivity contribution in [2.24, 2.45) is 0 Å². The van der Waals surface area contributed by atoms with Crippen LogP contribution in [0.5, 0.6) is 0 Å². The number of aromatic nitrogens is 2. The van der Waals surface area contributed by atoms with Gasteiger partial charge in [-0.2, -0.15) is 18.0 Å². The van der Waals surface area contributed by atoms with Gasteiger partial charge in [0.2, 0.25) is 0 Å². The van der Waals surface area contributed by atoms with E-state index >= 15 is 0 Å². The van der Waals surface area contributed by atoms with Crippen molar-refractivity contribution in [1.82, 2.24) is 13.3 Å². The number of aliphatic hydroxyl groups is 1. The maximum Gasteiger partial charge on any atom is 0.308 e. The number of benzene rings is 1. The largest absolute Gasteiger partial charge is 0.380 e. The summed E-state index contributed by atoms with van der Waals surface area (Å²) in [6.07, 6.45) is -0.238. The molecule has 0 saturated carbocycles. The summed E-state index contributed by atoms with van der Waals surface area (Å²) in [5.74, 6) is -0.160. The molecule has 1 unspecified atom stereocenters. The van der Waals surface area contributed by atoms with E-state index in [2.05, 4.69) is 4.98 Å². The van der Waals surface area contributed by atoms with Gasteiger partial charge in [-0.1, -0.05) is 23.7 Å². The summed E-state index contributed by atoms with van der Waals surface area (Å²) in [6, 6.07) is 8.02. The maximum atomic E-state index is 12.3. The summed E-state index contributed by atoms with van der Waals surface area (Å²) in [5, 5.41) is 19.8. The lowest BCUT2D eigenvalue weighted by Gasteiger charge is -2.17. The first-order valence-electron chi connectivity index (χ1n) is 6.13. The molecule has 1 N–H and O–H groups in total. The summed E-state index contributed by atoms with van der Waals surface area (Å²) in [5.41, 5.74) is 0.308. The van der Waals surface area contributed by atoms with Crippen LogP contribution in [0.15, 0.2) is 30.5 Å². The van der Waals surface area contributed by atoms with Gasteiger partial charge in [-0.3, -0.25) is 0 Å². The number of aliphatic hydroxyl groups excluding tert-OH is 1. The Morgan fingerprint density at radius 3 is 2.45 bits per heavy atom. The summed E-state index contributed by atoms with van der Waals surface area (Å²) in [6.45, 7) is 0. The summed E-state index contributed by atoms with van der Waals surface area (Å²) < 4.78 is 26.3. The molecule has 0 radical (unpaired) electrons. The van der Waals surface area contributed by atoms with E-state index in [0.29, 0.717) is 10.6 Å². The van der Waals surface area contributed by atoms with Crippen LogP contribution in [-0.2, 0) is 10.2 Å². The molecule has 2 aromatic rings. The van der Waals surface area contributed by atoms with Crippen molar-refractivity contribution < 1.29 is 13.5 Å². The molecule has 7 nitrogen and oxygen atoms in total. The second-order valence-corrected chi connectivity index (χ2v) is 7.09. The average molecular weight is 341 g/mol. The number of hydrogen-bond acceptors (Lipinski definition) is 5. The van der Waals surface area contributed by atoms with E-state index in [4.69, 9.17) is 16.9 Å². The topological polar surface area (TPSA) is 99.2 Å². The molecule has 0 spiro atoms. The standard InChI is InChI=1S/C13H13ClN4O3S/c1-17(2)22(20,21)18-8-11(7-15)16-13(18)12(19)9-3-5-10(14)6-4-9/h3-6,8,12,19H,1-2H3. The Bertz CT molecular complexity index is 822. The molecule has 0 aliphatic rings. The molecule has 0 aliphatic carbocycles. The van der Waals surface area contributed by atoms with Crippen LogP contribution in [0.3, 0.4) is 0 Å². The molecule has 1 heterocycles. The maximum absolute atomic E-state index is 12.3.